The van der Waals surface area contributed by atoms with Gasteiger partial charge in [0.05, 0.1) is 11.6 Å². The first-order valence-electron chi connectivity index (χ1n) is 6.42. The predicted octanol–water partition coefficient (Wildman–Crippen LogP) is 2.11. The van der Waals surface area contributed by atoms with Crippen molar-refractivity contribution in [3.63, 3.8) is 0 Å². The Morgan fingerprint density at radius 2 is 2.22 bits per heavy atom. The maximum Gasteiger partial charge on any atom is 0.228 e. The number of piperidine rings is 1. The molecule has 4 nitrogen and oxygen atoms in total. The molecule has 1 unspecified atom stereocenters. The highest BCUT2D eigenvalue weighted by Crippen LogP contribution is 2.23. The standard InChI is InChI=1S/C14H17N3O/c18-14(10-4-3-7-15-8-10)17-13-9-16-12-6-2-1-5-11(12)13/h1-2,5-6,9-10,15-16H,3-4,7-8H2,(H,17,18). The van der Waals surface area contributed by atoms with Crippen LogP contribution in [0.1, 0.15) is 12.8 Å². The highest BCUT2D eigenvalue weighted by atomic mass is 16.1. The molecule has 0 aliphatic carbocycles. The summed E-state index contributed by atoms with van der Waals surface area (Å²) in [6, 6.07) is 7.98. The molecule has 1 saturated heterocycles. The number of aromatic nitrogens is 1. The van der Waals surface area contributed by atoms with Crippen LogP contribution in [0.15, 0.2) is 30.5 Å². The molecular weight excluding hydrogens is 226 g/mol. The smallest absolute Gasteiger partial charge is 0.228 e. The molecule has 2 heterocycles. The Hall–Kier alpha value is -1.81. The van der Waals surface area contributed by atoms with Crippen molar-refractivity contribution in [2.75, 3.05) is 18.4 Å². The molecule has 0 saturated carbocycles. The minimum Gasteiger partial charge on any atom is -0.359 e. The van der Waals surface area contributed by atoms with Gasteiger partial charge in [0, 0.05) is 23.6 Å². The number of fused-ring (bicyclic) bond motifs is 1. The summed E-state index contributed by atoms with van der Waals surface area (Å²) in [5.74, 6) is 0.208. The molecule has 0 spiro atoms. The summed E-state index contributed by atoms with van der Waals surface area (Å²) in [5, 5.41) is 7.35. The maximum absolute atomic E-state index is 12.1. The van der Waals surface area contributed by atoms with Gasteiger partial charge >= 0.3 is 0 Å². The fraction of sp³-hybridized carbons (Fsp3) is 0.357. The normalized spacial score (nSPS) is 19.9. The number of rotatable bonds is 2. The van der Waals surface area contributed by atoms with Crippen molar-refractivity contribution in [3.8, 4) is 0 Å². The molecule has 94 valence electrons. The van der Waals surface area contributed by atoms with E-state index in [-0.39, 0.29) is 11.8 Å². The summed E-state index contributed by atoms with van der Waals surface area (Å²) in [6.07, 6.45) is 3.91. The monoisotopic (exact) mass is 243 g/mol. The number of hydrogen-bond acceptors (Lipinski definition) is 2. The molecule has 1 aromatic carbocycles. The van der Waals surface area contributed by atoms with E-state index in [9.17, 15) is 4.79 Å². The van der Waals surface area contributed by atoms with E-state index in [0.717, 1.165) is 42.5 Å². The van der Waals surface area contributed by atoms with Gasteiger partial charge in [0.2, 0.25) is 5.91 Å². The number of aromatic amines is 1. The SMILES string of the molecule is O=C(Nc1c[nH]c2ccccc12)C1CCCNC1. The number of carbonyl (C=O) groups is 1. The molecular formula is C14H17N3O. The molecule has 1 amide bonds. The van der Waals surface area contributed by atoms with Crippen LogP contribution in [0, 0.1) is 5.92 Å². The fourth-order valence-electron chi connectivity index (χ4n) is 2.49. The Labute approximate surface area is 106 Å². The Kier molecular flexibility index (Phi) is 3.02. The molecule has 0 bridgehead atoms. The van der Waals surface area contributed by atoms with E-state index in [4.69, 9.17) is 0 Å². The van der Waals surface area contributed by atoms with Crippen LogP contribution in [0.25, 0.3) is 10.9 Å². The second-order valence-electron chi connectivity index (χ2n) is 4.78. The number of anilines is 1. The number of para-hydroxylation sites is 1. The van der Waals surface area contributed by atoms with Crippen molar-refractivity contribution in [1.29, 1.82) is 0 Å². The van der Waals surface area contributed by atoms with Crippen LogP contribution < -0.4 is 10.6 Å². The summed E-state index contributed by atoms with van der Waals surface area (Å²) in [7, 11) is 0. The van der Waals surface area contributed by atoms with Crippen LogP contribution in [0.2, 0.25) is 0 Å². The van der Waals surface area contributed by atoms with Gasteiger partial charge in [-0.15, -0.1) is 0 Å². The highest BCUT2D eigenvalue weighted by Gasteiger charge is 2.21. The van der Waals surface area contributed by atoms with Gasteiger partial charge < -0.3 is 15.6 Å². The number of nitrogens with one attached hydrogen (secondary N) is 3. The van der Waals surface area contributed by atoms with Gasteiger partial charge in [0.25, 0.3) is 0 Å². The quantitative estimate of drug-likeness (QED) is 0.756. The van der Waals surface area contributed by atoms with Crippen LogP contribution in [0.4, 0.5) is 5.69 Å². The van der Waals surface area contributed by atoms with Gasteiger partial charge in [-0.25, -0.2) is 0 Å². The van der Waals surface area contributed by atoms with Crippen molar-refractivity contribution in [1.82, 2.24) is 10.3 Å². The largest absolute Gasteiger partial charge is 0.359 e. The Balaban J connectivity index is 1.77. The molecule has 4 heteroatoms. The lowest BCUT2D eigenvalue weighted by atomic mass is 9.99. The molecule has 2 aromatic rings. The van der Waals surface area contributed by atoms with E-state index in [2.05, 4.69) is 15.6 Å². The third kappa shape index (κ3) is 2.11. The van der Waals surface area contributed by atoms with E-state index >= 15 is 0 Å². The number of amides is 1. The van der Waals surface area contributed by atoms with E-state index < -0.39 is 0 Å². The van der Waals surface area contributed by atoms with Crippen LogP contribution in [0.5, 0.6) is 0 Å². The molecule has 1 aliphatic rings. The lowest BCUT2D eigenvalue weighted by Gasteiger charge is -2.21. The zero-order chi connectivity index (χ0) is 12.4. The average Bonchev–Trinajstić information content (AvgIpc) is 2.83. The van der Waals surface area contributed by atoms with Crippen molar-refractivity contribution in [3.05, 3.63) is 30.5 Å². The van der Waals surface area contributed by atoms with Crippen molar-refractivity contribution in [2.45, 2.75) is 12.8 Å². The summed E-state index contributed by atoms with van der Waals surface area (Å²) in [6.45, 7) is 1.81. The summed E-state index contributed by atoms with van der Waals surface area (Å²) in [5.41, 5.74) is 1.93. The first kappa shape index (κ1) is 11.3. The number of hydrogen-bond donors (Lipinski definition) is 3. The molecule has 18 heavy (non-hydrogen) atoms. The molecule has 1 atom stereocenters. The van der Waals surface area contributed by atoms with Crippen LogP contribution in [-0.4, -0.2) is 24.0 Å². The first-order chi connectivity index (χ1) is 8.84. The van der Waals surface area contributed by atoms with Crippen LogP contribution in [-0.2, 0) is 4.79 Å². The van der Waals surface area contributed by atoms with E-state index in [1.54, 1.807) is 0 Å². The average molecular weight is 243 g/mol. The number of carbonyl (C=O) groups excluding carboxylic acids is 1. The molecule has 0 radical (unpaired) electrons. The second-order valence-corrected chi connectivity index (χ2v) is 4.78. The van der Waals surface area contributed by atoms with E-state index in [0.29, 0.717) is 0 Å². The van der Waals surface area contributed by atoms with Crippen molar-refractivity contribution >= 4 is 22.5 Å². The Morgan fingerprint density at radius 3 is 3.06 bits per heavy atom. The summed E-state index contributed by atoms with van der Waals surface area (Å²) >= 11 is 0. The van der Waals surface area contributed by atoms with Gasteiger partial charge in [-0.1, -0.05) is 18.2 Å². The van der Waals surface area contributed by atoms with Gasteiger partial charge in [-0.05, 0) is 25.5 Å². The van der Waals surface area contributed by atoms with Gasteiger partial charge in [0.15, 0.2) is 0 Å². The first-order valence-corrected chi connectivity index (χ1v) is 6.42. The lowest BCUT2D eigenvalue weighted by molar-refractivity contribution is -0.120. The van der Waals surface area contributed by atoms with Gasteiger partial charge in [-0.3, -0.25) is 4.79 Å². The van der Waals surface area contributed by atoms with E-state index in [1.807, 2.05) is 30.5 Å². The number of H-pyrrole nitrogens is 1. The highest BCUT2D eigenvalue weighted by molar-refractivity contribution is 6.02. The van der Waals surface area contributed by atoms with E-state index in [1.165, 1.54) is 0 Å². The third-order valence-corrected chi connectivity index (χ3v) is 3.51. The third-order valence-electron chi connectivity index (χ3n) is 3.51. The lowest BCUT2D eigenvalue weighted by Crippen LogP contribution is -2.37. The zero-order valence-corrected chi connectivity index (χ0v) is 10.2. The minimum atomic E-state index is 0.0902. The molecule has 1 aromatic heterocycles. The second kappa shape index (κ2) is 4.82. The van der Waals surface area contributed by atoms with Crippen molar-refractivity contribution < 1.29 is 4.79 Å². The van der Waals surface area contributed by atoms with Gasteiger partial charge in [-0.2, -0.15) is 0 Å². The Morgan fingerprint density at radius 1 is 1.33 bits per heavy atom. The number of benzene rings is 1. The van der Waals surface area contributed by atoms with Crippen LogP contribution >= 0.6 is 0 Å². The minimum absolute atomic E-state index is 0.0902. The topological polar surface area (TPSA) is 56.9 Å². The molecule has 1 aliphatic heterocycles. The molecule has 1 fully saturated rings. The fourth-order valence-corrected chi connectivity index (χ4v) is 2.49. The maximum atomic E-state index is 12.1. The summed E-state index contributed by atoms with van der Waals surface area (Å²) < 4.78 is 0. The Bertz CT molecular complexity index is 555. The van der Waals surface area contributed by atoms with Gasteiger partial charge in [0.1, 0.15) is 0 Å². The molecule has 3 N–H and O–H groups in total. The zero-order valence-electron chi connectivity index (χ0n) is 10.2. The summed E-state index contributed by atoms with van der Waals surface area (Å²) in [4.78, 5) is 15.3. The van der Waals surface area contributed by atoms with Crippen LogP contribution in [0.3, 0.4) is 0 Å². The predicted molar refractivity (Wildman–Crippen MR) is 72.5 cm³/mol. The molecule has 3 rings (SSSR count). The van der Waals surface area contributed by atoms with Crippen molar-refractivity contribution in [2.24, 2.45) is 5.92 Å².